The molecule has 2 aromatic carbocycles. The summed E-state index contributed by atoms with van der Waals surface area (Å²) in [5.74, 6) is -3.80. The first-order valence-corrected chi connectivity index (χ1v) is 11.0. The summed E-state index contributed by atoms with van der Waals surface area (Å²) in [7, 11) is -4.08. The molecule has 0 radical (unpaired) electrons. The molecule has 0 saturated heterocycles. The third kappa shape index (κ3) is 5.54. The normalized spacial score (nSPS) is 13.2. The van der Waals surface area contributed by atoms with Gasteiger partial charge in [0.25, 0.3) is 5.91 Å². The van der Waals surface area contributed by atoms with Crippen molar-refractivity contribution < 1.29 is 31.9 Å². The van der Waals surface area contributed by atoms with Gasteiger partial charge in [0.15, 0.2) is 22.2 Å². The van der Waals surface area contributed by atoms with Crippen LogP contribution in [0.1, 0.15) is 10.4 Å². The average Bonchev–Trinajstić information content (AvgIpc) is 2.70. The van der Waals surface area contributed by atoms with Gasteiger partial charge in [0.2, 0.25) is 5.91 Å². The fourth-order valence-corrected chi connectivity index (χ4v) is 4.11. The molecule has 2 aromatic rings. The first-order valence-electron chi connectivity index (χ1n) is 9.15. The molecular formula is C21H19FN2O6S. The molecule has 0 bridgehead atoms. The standard InChI is InChI=1S/C21H19FN2O6S/c1-2-9-24-17-10-14(3-8-19(17)30-11-21(24)27)18(25)12-31(28,29)13-20(26)23-16-6-4-15(22)5-7-16/h2-8,10H,1,9,11-13H2,(H,23,26). The molecule has 2 amide bonds. The van der Waals surface area contributed by atoms with Gasteiger partial charge in [0, 0.05) is 17.8 Å². The zero-order chi connectivity index (χ0) is 22.6. The van der Waals surface area contributed by atoms with Crippen molar-refractivity contribution in [3.05, 3.63) is 66.5 Å². The Labute approximate surface area is 178 Å². The number of ether oxygens (including phenoxy) is 1. The Hall–Kier alpha value is -3.53. The molecule has 0 atom stereocenters. The molecule has 1 aliphatic rings. The summed E-state index contributed by atoms with van der Waals surface area (Å²) in [5, 5.41) is 2.34. The zero-order valence-corrected chi connectivity index (χ0v) is 17.2. The van der Waals surface area contributed by atoms with Crippen LogP contribution in [-0.4, -0.2) is 50.7 Å². The van der Waals surface area contributed by atoms with Gasteiger partial charge in [-0.1, -0.05) is 6.08 Å². The molecule has 1 heterocycles. The van der Waals surface area contributed by atoms with Crippen LogP contribution in [0.3, 0.4) is 0 Å². The topological polar surface area (TPSA) is 110 Å². The Morgan fingerprint density at radius 3 is 2.55 bits per heavy atom. The molecule has 1 N–H and O–H groups in total. The number of nitrogens with one attached hydrogen (secondary N) is 1. The predicted molar refractivity (Wildman–Crippen MR) is 113 cm³/mol. The quantitative estimate of drug-likeness (QED) is 0.491. The van der Waals surface area contributed by atoms with Gasteiger partial charge in [-0.3, -0.25) is 14.4 Å². The lowest BCUT2D eigenvalue weighted by Crippen LogP contribution is -2.39. The van der Waals surface area contributed by atoms with Crippen LogP contribution in [0.2, 0.25) is 0 Å². The number of hydrogen-bond acceptors (Lipinski definition) is 6. The fraction of sp³-hybridized carbons (Fsp3) is 0.190. The van der Waals surface area contributed by atoms with Crippen molar-refractivity contribution in [1.82, 2.24) is 0 Å². The van der Waals surface area contributed by atoms with Crippen molar-refractivity contribution in [2.75, 3.05) is 34.9 Å². The van der Waals surface area contributed by atoms with Gasteiger partial charge in [-0.2, -0.15) is 0 Å². The van der Waals surface area contributed by atoms with Crippen molar-refractivity contribution in [1.29, 1.82) is 0 Å². The van der Waals surface area contributed by atoms with Crippen LogP contribution in [0.4, 0.5) is 15.8 Å². The average molecular weight is 446 g/mol. The number of amides is 2. The van der Waals surface area contributed by atoms with E-state index in [-0.39, 0.29) is 30.3 Å². The van der Waals surface area contributed by atoms with Crippen LogP contribution in [0.5, 0.6) is 5.75 Å². The number of nitrogens with zero attached hydrogens (tertiary/aromatic N) is 1. The van der Waals surface area contributed by atoms with Gasteiger partial charge < -0.3 is 15.0 Å². The zero-order valence-electron chi connectivity index (χ0n) is 16.3. The third-order valence-electron chi connectivity index (χ3n) is 4.37. The van der Waals surface area contributed by atoms with E-state index < -0.39 is 38.9 Å². The number of rotatable bonds is 8. The molecule has 0 spiro atoms. The van der Waals surface area contributed by atoms with Gasteiger partial charge in [-0.25, -0.2) is 12.8 Å². The van der Waals surface area contributed by atoms with Crippen LogP contribution in [0.15, 0.2) is 55.1 Å². The van der Waals surface area contributed by atoms with Crippen LogP contribution < -0.4 is 15.0 Å². The van der Waals surface area contributed by atoms with Crippen molar-refractivity contribution in [3.8, 4) is 5.75 Å². The minimum absolute atomic E-state index is 0.0635. The number of carbonyl (C=O) groups excluding carboxylic acids is 3. The second-order valence-electron chi connectivity index (χ2n) is 6.77. The molecule has 0 unspecified atom stereocenters. The highest BCUT2D eigenvalue weighted by Gasteiger charge is 2.27. The minimum atomic E-state index is -4.08. The highest BCUT2D eigenvalue weighted by Crippen LogP contribution is 2.33. The number of ketones is 1. The number of sulfone groups is 1. The molecule has 0 aliphatic carbocycles. The minimum Gasteiger partial charge on any atom is -0.482 e. The Morgan fingerprint density at radius 2 is 1.87 bits per heavy atom. The predicted octanol–water partition coefficient (Wildman–Crippen LogP) is 1.97. The number of benzene rings is 2. The molecule has 0 saturated carbocycles. The Balaban J connectivity index is 1.70. The van der Waals surface area contributed by atoms with Gasteiger partial charge in [-0.05, 0) is 42.5 Å². The highest BCUT2D eigenvalue weighted by atomic mass is 32.2. The first kappa shape index (κ1) is 22.2. The van der Waals surface area contributed by atoms with Crippen molar-refractivity contribution in [3.63, 3.8) is 0 Å². The molecular weight excluding hydrogens is 427 g/mol. The summed E-state index contributed by atoms with van der Waals surface area (Å²) in [5.41, 5.74) is 0.636. The fourth-order valence-electron chi connectivity index (χ4n) is 2.97. The number of Topliss-reactive ketones (excluding diaryl/α,β-unsaturated/α-hetero) is 1. The van der Waals surface area contributed by atoms with Crippen LogP contribution >= 0.6 is 0 Å². The van der Waals surface area contributed by atoms with E-state index in [1.165, 1.54) is 41.3 Å². The molecule has 0 fully saturated rings. The van der Waals surface area contributed by atoms with Crippen LogP contribution in [-0.2, 0) is 19.4 Å². The second kappa shape index (κ2) is 9.09. The molecule has 10 heteroatoms. The van der Waals surface area contributed by atoms with Crippen LogP contribution in [0, 0.1) is 5.82 Å². The third-order valence-corrected chi connectivity index (χ3v) is 5.77. The number of fused-ring (bicyclic) bond motifs is 1. The van der Waals surface area contributed by atoms with E-state index in [1.54, 1.807) is 0 Å². The summed E-state index contributed by atoms with van der Waals surface area (Å²) in [6, 6.07) is 9.08. The summed E-state index contributed by atoms with van der Waals surface area (Å²) in [6.07, 6.45) is 1.52. The Kier molecular flexibility index (Phi) is 6.50. The second-order valence-corrected chi connectivity index (χ2v) is 8.84. The van der Waals surface area contributed by atoms with Gasteiger partial charge in [-0.15, -0.1) is 6.58 Å². The van der Waals surface area contributed by atoms with Crippen molar-refractivity contribution >= 4 is 38.8 Å². The van der Waals surface area contributed by atoms with E-state index in [0.717, 1.165) is 12.1 Å². The van der Waals surface area contributed by atoms with E-state index in [2.05, 4.69) is 11.9 Å². The van der Waals surface area contributed by atoms with Gasteiger partial charge in [0.1, 0.15) is 23.1 Å². The maximum atomic E-state index is 12.9. The SMILES string of the molecule is C=CCN1C(=O)COc2ccc(C(=O)CS(=O)(=O)CC(=O)Nc3ccc(F)cc3)cc21. The summed E-state index contributed by atoms with van der Waals surface area (Å²) >= 11 is 0. The van der Waals surface area contributed by atoms with E-state index in [9.17, 15) is 27.2 Å². The maximum absolute atomic E-state index is 12.9. The molecule has 31 heavy (non-hydrogen) atoms. The van der Waals surface area contributed by atoms with E-state index in [4.69, 9.17) is 4.74 Å². The van der Waals surface area contributed by atoms with Crippen molar-refractivity contribution in [2.45, 2.75) is 0 Å². The van der Waals surface area contributed by atoms with E-state index in [0.29, 0.717) is 11.4 Å². The summed E-state index contributed by atoms with van der Waals surface area (Å²) < 4.78 is 42.9. The lowest BCUT2D eigenvalue weighted by atomic mass is 10.1. The van der Waals surface area contributed by atoms with Gasteiger partial charge >= 0.3 is 0 Å². The van der Waals surface area contributed by atoms with Crippen molar-refractivity contribution in [2.24, 2.45) is 0 Å². The molecule has 162 valence electrons. The number of halogens is 1. The summed E-state index contributed by atoms with van der Waals surface area (Å²) in [6.45, 7) is 3.65. The van der Waals surface area contributed by atoms with Gasteiger partial charge in [0.05, 0.1) is 5.69 Å². The maximum Gasteiger partial charge on any atom is 0.265 e. The molecule has 3 rings (SSSR count). The lowest BCUT2D eigenvalue weighted by molar-refractivity contribution is -0.121. The lowest BCUT2D eigenvalue weighted by Gasteiger charge is -2.28. The summed E-state index contributed by atoms with van der Waals surface area (Å²) in [4.78, 5) is 38.0. The van der Waals surface area contributed by atoms with E-state index >= 15 is 0 Å². The largest absolute Gasteiger partial charge is 0.482 e. The molecule has 1 aliphatic heterocycles. The Bertz CT molecular complexity index is 1140. The monoisotopic (exact) mass is 446 g/mol. The first-order chi connectivity index (χ1) is 14.7. The highest BCUT2D eigenvalue weighted by molar-refractivity contribution is 7.92. The molecule has 8 nitrogen and oxygen atoms in total. The number of hydrogen-bond donors (Lipinski definition) is 1. The Morgan fingerprint density at radius 1 is 1.16 bits per heavy atom. The number of carbonyl (C=O) groups is 3. The van der Waals surface area contributed by atoms with E-state index in [1.807, 2.05) is 0 Å². The number of anilines is 2. The van der Waals surface area contributed by atoms with Crippen LogP contribution in [0.25, 0.3) is 0 Å². The smallest absolute Gasteiger partial charge is 0.265 e. The molecule has 0 aromatic heterocycles.